The number of hydrogen-bond donors (Lipinski definition) is 0. The Morgan fingerprint density at radius 1 is 1.03 bits per heavy atom. The zero-order valence-corrected chi connectivity index (χ0v) is 21.8. The van der Waals surface area contributed by atoms with E-state index in [9.17, 15) is 9.59 Å². The van der Waals surface area contributed by atoms with Crippen LogP contribution >= 0.6 is 50.9 Å². The molecule has 3 aromatic rings. The van der Waals surface area contributed by atoms with E-state index in [0.29, 0.717) is 36.5 Å². The van der Waals surface area contributed by atoms with Crippen molar-refractivity contribution in [2.24, 2.45) is 0 Å². The fraction of sp³-hybridized carbons (Fsp3) is 0.120. The van der Waals surface area contributed by atoms with Gasteiger partial charge in [0.05, 0.1) is 18.6 Å². The second kappa shape index (κ2) is 10.9. The van der Waals surface area contributed by atoms with Crippen molar-refractivity contribution in [2.75, 3.05) is 7.11 Å². The van der Waals surface area contributed by atoms with Crippen LogP contribution in [0.5, 0.6) is 11.5 Å². The molecule has 0 N–H and O–H groups in total. The Morgan fingerprint density at radius 2 is 1.76 bits per heavy atom. The van der Waals surface area contributed by atoms with Crippen LogP contribution in [0, 0.1) is 0 Å². The van der Waals surface area contributed by atoms with Crippen LogP contribution in [0.25, 0.3) is 6.08 Å². The SMILES string of the molecule is COc1cc(/C=C2\SC(=O)N(Cc3ccc(Cl)cc3)C2=O)c(Br)cc1OCc1ccccc1Cl. The van der Waals surface area contributed by atoms with Gasteiger partial charge in [-0.15, -0.1) is 0 Å². The number of thioether (sulfide) groups is 1. The van der Waals surface area contributed by atoms with Gasteiger partial charge in [0.25, 0.3) is 11.1 Å². The van der Waals surface area contributed by atoms with Crippen molar-refractivity contribution in [3.05, 3.63) is 96.8 Å². The molecule has 9 heteroatoms. The van der Waals surface area contributed by atoms with Gasteiger partial charge in [-0.3, -0.25) is 14.5 Å². The molecule has 1 aliphatic rings. The van der Waals surface area contributed by atoms with Gasteiger partial charge in [0, 0.05) is 20.1 Å². The molecule has 0 radical (unpaired) electrons. The van der Waals surface area contributed by atoms with E-state index in [1.54, 1.807) is 48.5 Å². The van der Waals surface area contributed by atoms with Crippen LogP contribution in [-0.4, -0.2) is 23.2 Å². The number of ether oxygens (including phenoxy) is 2. The molecular weight excluding hydrogens is 561 g/mol. The number of rotatable bonds is 7. The molecule has 0 aliphatic carbocycles. The predicted octanol–water partition coefficient (Wildman–Crippen LogP) is 7.58. The van der Waals surface area contributed by atoms with Crippen molar-refractivity contribution in [3.63, 3.8) is 0 Å². The maximum atomic E-state index is 12.9. The molecule has 5 nitrogen and oxygen atoms in total. The molecule has 0 bridgehead atoms. The molecular formula is C25H18BrCl2NO4S. The molecule has 174 valence electrons. The molecule has 0 atom stereocenters. The van der Waals surface area contributed by atoms with E-state index in [1.807, 2.05) is 18.2 Å². The summed E-state index contributed by atoms with van der Waals surface area (Å²) in [6.07, 6.45) is 1.66. The van der Waals surface area contributed by atoms with Gasteiger partial charge < -0.3 is 9.47 Å². The highest BCUT2D eigenvalue weighted by Gasteiger charge is 2.35. The van der Waals surface area contributed by atoms with Crippen LogP contribution < -0.4 is 9.47 Å². The second-order valence-corrected chi connectivity index (χ2v) is 9.99. The van der Waals surface area contributed by atoms with E-state index in [4.69, 9.17) is 32.7 Å². The van der Waals surface area contributed by atoms with Crippen LogP contribution in [-0.2, 0) is 17.9 Å². The number of methoxy groups -OCH3 is 1. The average molecular weight is 579 g/mol. The third kappa shape index (κ3) is 5.61. The van der Waals surface area contributed by atoms with E-state index < -0.39 is 0 Å². The van der Waals surface area contributed by atoms with Crippen LogP contribution in [0.1, 0.15) is 16.7 Å². The first-order chi connectivity index (χ1) is 16.4. The lowest BCUT2D eigenvalue weighted by Gasteiger charge is -2.14. The van der Waals surface area contributed by atoms with Gasteiger partial charge in [0.1, 0.15) is 6.61 Å². The van der Waals surface area contributed by atoms with E-state index in [2.05, 4.69) is 15.9 Å². The van der Waals surface area contributed by atoms with Crippen molar-refractivity contribution in [1.29, 1.82) is 0 Å². The number of imide groups is 1. The van der Waals surface area contributed by atoms with E-state index in [0.717, 1.165) is 22.9 Å². The number of nitrogens with zero attached hydrogens (tertiary/aromatic N) is 1. The summed E-state index contributed by atoms with van der Waals surface area (Å²) in [6.45, 7) is 0.448. The van der Waals surface area contributed by atoms with Gasteiger partial charge in [0.15, 0.2) is 11.5 Å². The molecule has 1 fully saturated rings. The maximum absolute atomic E-state index is 12.9. The van der Waals surface area contributed by atoms with Crippen molar-refractivity contribution in [3.8, 4) is 11.5 Å². The van der Waals surface area contributed by atoms with Crippen LogP contribution in [0.3, 0.4) is 0 Å². The Hall–Kier alpha value is -2.45. The largest absolute Gasteiger partial charge is 0.493 e. The van der Waals surface area contributed by atoms with Crippen molar-refractivity contribution < 1.29 is 19.1 Å². The number of benzene rings is 3. The fourth-order valence-corrected chi connectivity index (χ4v) is 4.84. The average Bonchev–Trinajstić information content (AvgIpc) is 3.08. The maximum Gasteiger partial charge on any atom is 0.293 e. The van der Waals surface area contributed by atoms with Crippen LogP contribution in [0.15, 0.2) is 70.0 Å². The Labute approximate surface area is 219 Å². The lowest BCUT2D eigenvalue weighted by molar-refractivity contribution is -0.123. The molecule has 3 aromatic carbocycles. The summed E-state index contributed by atoms with van der Waals surface area (Å²) in [6, 6.07) is 18.0. The summed E-state index contributed by atoms with van der Waals surface area (Å²) in [7, 11) is 1.54. The number of hydrogen-bond acceptors (Lipinski definition) is 5. The molecule has 0 unspecified atom stereocenters. The van der Waals surface area contributed by atoms with Crippen LogP contribution in [0.4, 0.5) is 4.79 Å². The summed E-state index contributed by atoms with van der Waals surface area (Å²) in [4.78, 5) is 27.0. The first-order valence-corrected chi connectivity index (χ1v) is 12.5. The zero-order valence-electron chi connectivity index (χ0n) is 17.9. The fourth-order valence-electron chi connectivity index (χ4n) is 3.25. The highest BCUT2D eigenvalue weighted by atomic mass is 79.9. The molecule has 34 heavy (non-hydrogen) atoms. The molecule has 0 aromatic heterocycles. The number of halogens is 3. The monoisotopic (exact) mass is 577 g/mol. The number of carbonyl (C=O) groups excluding carboxylic acids is 2. The third-order valence-corrected chi connectivity index (χ3v) is 7.25. The second-order valence-electron chi connectivity index (χ2n) is 7.30. The lowest BCUT2D eigenvalue weighted by atomic mass is 10.1. The van der Waals surface area contributed by atoms with Gasteiger partial charge in [-0.2, -0.15) is 0 Å². The molecule has 1 heterocycles. The van der Waals surface area contributed by atoms with E-state index in [-0.39, 0.29) is 24.3 Å². The molecule has 1 aliphatic heterocycles. The van der Waals surface area contributed by atoms with Crippen molar-refractivity contribution >= 4 is 68.1 Å². The molecule has 4 rings (SSSR count). The van der Waals surface area contributed by atoms with Gasteiger partial charge in [-0.1, -0.05) is 69.5 Å². The quantitative estimate of drug-likeness (QED) is 0.270. The zero-order chi connectivity index (χ0) is 24.2. The molecule has 0 spiro atoms. The summed E-state index contributed by atoms with van der Waals surface area (Å²) >= 11 is 16.6. The minimum absolute atomic E-state index is 0.179. The Balaban J connectivity index is 1.54. The summed E-state index contributed by atoms with van der Waals surface area (Å²) in [5.74, 6) is 0.652. The smallest absolute Gasteiger partial charge is 0.293 e. The predicted molar refractivity (Wildman–Crippen MR) is 139 cm³/mol. The van der Waals surface area contributed by atoms with Gasteiger partial charge in [-0.05, 0) is 59.3 Å². The Kier molecular flexibility index (Phi) is 7.88. The minimum Gasteiger partial charge on any atom is -0.493 e. The standard InChI is InChI=1S/C25H18BrCl2NO4S/c1-32-21-10-17(19(26)12-22(21)33-14-16-4-2-3-5-20(16)28)11-23-24(30)29(25(31)34-23)13-15-6-8-18(27)9-7-15/h2-12H,13-14H2,1H3/b23-11-. The first-order valence-electron chi connectivity index (χ1n) is 10.1. The van der Waals surface area contributed by atoms with E-state index in [1.165, 1.54) is 12.0 Å². The number of amides is 2. The minimum atomic E-state index is -0.352. The number of carbonyl (C=O) groups is 2. The molecule has 2 amide bonds. The third-order valence-electron chi connectivity index (χ3n) is 5.04. The van der Waals surface area contributed by atoms with Crippen molar-refractivity contribution in [2.45, 2.75) is 13.2 Å². The highest BCUT2D eigenvalue weighted by molar-refractivity contribution is 9.10. The molecule has 0 saturated carbocycles. The summed E-state index contributed by atoms with van der Waals surface area (Å²) in [5.41, 5.74) is 2.34. The lowest BCUT2D eigenvalue weighted by Crippen LogP contribution is -2.27. The topological polar surface area (TPSA) is 55.8 Å². The highest BCUT2D eigenvalue weighted by Crippen LogP contribution is 2.39. The van der Waals surface area contributed by atoms with Gasteiger partial charge >= 0.3 is 0 Å². The van der Waals surface area contributed by atoms with Crippen molar-refractivity contribution in [1.82, 2.24) is 4.90 Å². The van der Waals surface area contributed by atoms with Gasteiger partial charge in [-0.25, -0.2) is 0 Å². The summed E-state index contributed by atoms with van der Waals surface area (Å²) in [5, 5.41) is 0.885. The molecule has 1 saturated heterocycles. The Morgan fingerprint density at radius 3 is 2.47 bits per heavy atom. The van der Waals surface area contributed by atoms with E-state index >= 15 is 0 Å². The van der Waals surface area contributed by atoms with Gasteiger partial charge in [0.2, 0.25) is 0 Å². The first kappa shape index (κ1) is 24.7. The Bertz CT molecular complexity index is 1280. The van der Waals surface area contributed by atoms with Crippen LogP contribution in [0.2, 0.25) is 10.0 Å². The summed E-state index contributed by atoms with van der Waals surface area (Å²) < 4.78 is 12.1. The normalized spacial score (nSPS) is 14.7.